The second kappa shape index (κ2) is 5.17. The number of hydrogen-bond acceptors (Lipinski definition) is 3. The van der Waals surface area contributed by atoms with Gasteiger partial charge < -0.3 is 5.73 Å². The number of rotatable bonds is 4. The monoisotopic (exact) mass is 279 g/mol. The topological polar surface area (TPSA) is 75.4 Å². The first kappa shape index (κ1) is 14.8. The zero-order chi connectivity index (χ0) is 13.3. The summed E-state index contributed by atoms with van der Waals surface area (Å²) in [6, 6.07) is 0.0309. The molecule has 0 aliphatic carbocycles. The molecule has 1 fully saturated rings. The standard InChI is InChI=1S/C10H21N3O2S2/c1-8-6-4-5-7-13(8)17(14,15)12-10(2,3)9(11)16/h8,12H,4-7H2,1-3H3,(H2,11,16). The smallest absolute Gasteiger partial charge is 0.280 e. The van der Waals surface area contributed by atoms with E-state index in [1.165, 1.54) is 4.31 Å². The molecule has 0 spiro atoms. The molecule has 1 aliphatic heterocycles. The minimum absolute atomic E-state index is 0.0309. The fourth-order valence-corrected chi connectivity index (χ4v) is 3.80. The van der Waals surface area contributed by atoms with E-state index in [9.17, 15) is 8.42 Å². The molecule has 0 aromatic rings. The molecule has 1 aliphatic rings. The second-order valence-electron chi connectivity index (χ2n) is 5.05. The minimum atomic E-state index is -3.52. The van der Waals surface area contributed by atoms with Crippen LogP contribution in [0.15, 0.2) is 0 Å². The molecule has 0 aromatic heterocycles. The van der Waals surface area contributed by atoms with Crippen LogP contribution in [0.1, 0.15) is 40.0 Å². The van der Waals surface area contributed by atoms with Crippen LogP contribution in [0.3, 0.4) is 0 Å². The Morgan fingerprint density at radius 2 is 2.06 bits per heavy atom. The third kappa shape index (κ3) is 3.61. The van der Waals surface area contributed by atoms with Gasteiger partial charge in [0.15, 0.2) is 0 Å². The molecule has 0 amide bonds. The molecule has 1 atom stereocenters. The Morgan fingerprint density at radius 1 is 1.47 bits per heavy atom. The van der Waals surface area contributed by atoms with Gasteiger partial charge in [-0.15, -0.1) is 0 Å². The molecule has 1 saturated heterocycles. The van der Waals surface area contributed by atoms with Crippen molar-refractivity contribution in [1.82, 2.24) is 9.03 Å². The first-order valence-corrected chi connectivity index (χ1v) is 7.62. The summed E-state index contributed by atoms with van der Waals surface area (Å²) in [4.78, 5) is 0.144. The first-order chi connectivity index (χ1) is 7.67. The summed E-state index contributed by atoms with van der Waals surface area (Å²) in [5.74, 6) is 0. The van der Waals surface area contributed by atoms with E-state index in [4.69, 9.17) is 18.0 Å². The Bertz CT molecular complexity index is 392. The van der Waals surface area contributed by atoms with Crippen molar-refractivity contribution >= 4 is 27.4 Å². The lowest BCUT2D eigenvalue weighted by molar-refractivity contribution is 0.263. The summed E-state index contributed by atoms with van der Waals surface area (Å²) in [5.41, 5.74) is 4.63. The summed E-state index contributed by atoms with van der Waals surface area (Å²) >= 11 is 4.86. The van der Waals surface area contributed by atoms with Crippen molar-refractivity contribution in [1.29, 1.82) is 0 Å². The Balaban J connectivity index is 2.84. The van der Waals surface area contributed by atoms with Crippen molar-refractivity contribution < 1.29 is 8.42 Å². The van der Waals surface area contributed by atoms with Crippen molar-refractivity contribution in [2.24, 2.45) is 5.73 Å². The van der Waals surface area contributed by atoms with Crippen molar-refractivity contribution in [3.63, 3.8) is 0 Å². The van der Waals surface area contributed by atoms with Crippen LogP contribution in [-0.2, 0) is 10.2 Å². The second-order valence-corrected chi connectivity index (χ2v) is 7.11. The highest BCUT2D eigenvalue weighted by Gasteiger charge is 2.35. The SMILES string of the molecule is CC1CCCCN1S(=O)(=O)NC(C)(C)C(N)=S. The highest BCUT2D eigenvalue weighted by Crippen LogP contribution is 2.20. The van der Waals surface area contributed by atoms with Gasteiger partial charge in [0, 0.05) is 12.6 Å². The highest BCUT2D eigenvalue weighted by molar-refractivity contribution is 7.87. The van der Waals surface area contributed by atoms with Gasteiger partial charge in [-0.3, -0.25) is 0 Å². The third-order valence-electron chi connectivity index (χ3n) is 3.05. The molecule has 1 unspecified atom stereocenters. The number of hydrogen-bond donors (Lipinski definition) is 2. The van der Waals surface area contributed by atoms with Gasteiger partial charge in [-0.1, -0.05) is 18.6 Å². The van der Waals surface area contributed by atoms with Crippen molar-refractivity contribution in [2.45, 2.75) is 51.6 Å². The van der Waals surface area contributed by atoms with E-state index < -0.39 is 15.7 Å². The van der Waals surface area contributed by atoms with Gasteiger partial charge in [-0.05, 0) is 33.6 Å². The molecule has 0 bridgehead atoms. The van der Waals surface area contributed by atoms with Crippen LogP contribution in [0.25, 0.3) is 0 Å². The summed E-state index contributed by atoms with van der Waals surface area (Å²) < 4.78 is 28.5. The quantitative estimate of drug-likeness (QED) is 0.745. The lowest BCUT2D eigenvalue weighted by Gasteiger charge is -2.35. The summed E-state index contributed by atoms with van der Waals surface area (Å²) in [6.07, 6.45) is 2.87. The van der Waals surface area contributed by atoms with Gasteiger partial charge in [-0.2, -0.15) is 17.4 Å². The van der Waals surface area contributed by atoms with E-state index in [1.54, 1.807) is 13.8 Å². The van der Waals surface area contributed by atoms with Gasteiger partial charge in [0.05, 0.1) is 10.5 Å². The molecule has 0 radical (unpaired) electrons. The molecular weight excluding hydrogens is 258 g/mol. The molecule has 0 saturated carbocycles. The summed E-state index contributed by atoms with van der Waals surface area (Å²) in [5, 5.41) is 0. The molecule has 17 heavy (non-hydrogen) atoms. The van der Waals surface area contributed by atoms with Crippen LogP contribution in [-0.4, -0.2) is 35.8 Å². The number of piperidine rings is 1. The fourth-order valence-electron chi connectivity index (χ4n) is 1.86. The first-order valence-electron chi connectivity index (χ1n) is 5.77. The molecule has 5 nitrogen and oxygen atoms in total. The largest absolute Gasteiger partial charge is 0.392 e. The molecule has 0 aromatic carbocycles. The maximum Gasteiger partial charge on any atom is 0.280 e. The van der Waals surface area contributed by atoms with Crippen LogP contribution in [0.4, 0.5) is 0 Å². The van der Waals surface area contributed by atoms with Crippen molar-refractivity contribution in [2.75, 3.05) is 6.54 Å². The number of nitrogens with one attached hydrogen (secondary N) is 1. The molecular formula is C10H21N3O2S2. The normalized spacial score (nSPS) is 23.6. The minimum Gasteiger partial charge on any atom is -0.392 e. The summed E-state index contributed by atoms with van der Waals surface area (Å²) in [7, 11) is -3.52. The molecule has 1 heterocycles. The third-order valence-corrected chi connectivity index (χ3v) is 5.49. The molecule has 3 N–H and O–H groups in total. The lowest BCUT2D eigenvalue weighted by atomic mass is 10.1. The maximum atomic E-state index is 12.2. The van der Waals surface area contributed by atoms with Gasteiger partial charge in [0.2, 0.25) is 0 Å². The lowest BCUT2D eigenvalue weighted by Crippen LogP contribution is -2.58. The van der Waals surface area contributed by atoms with Gasteiger partial charge in [0.1, 0.15) is 0 Å². The number of nitrogens with zero attached hydrogens (tertiary/aromatic N) is 1. The number of nitrogens with two attached hydrogens (primary N) is 1. The highest BCUT2D eigenvalue weighted by atomic mass is 32.2. The molecule has 100 valence electrons. The van der Waals surface area contributed by atoms with Gasteiger partial charge >= 0.3 is 0 Å². The van der Waals surface area contributed by atoms with Crippen molar-refractivity contribution in [3.05, 3.63) is 0 Å². The van der Waals surface area contributed by atoms with E-state index in [-0.39, 0.29) is 11.0 Å². The zero-order valence-corrected chi connectivity index (χ0v) is 12.2. The van der Waals surface area contributed by atoms with E-state index in [1.807, 2.05) is 6.92 Å². The van der Waals surface area contributed by atoms with Crippen molar-refractivity contribution in [3.8, 4) is 0 Å². The average molecular weight is 279 g/mol. The fraction of sp³-hybridized carbons (Fsp3) is 0.900. The van der Waals surface area contributed by atoms with E-state index in [2.05, 4.69) is 4.72 Å². The Morgan fingerprint density at radius 3 is 2.53 bits per heavy atom. The van der Waals surface area contributed by atoms with E-state index in [0.717, 1.165) is 19.3 Å². The van der Waals surface area contributed by atoms with E-state index >= 15 is 0 Å². The van der Waals surface area contributed by atoms with Gasteiger partial charge in [0.25, 0.3) is 10.2 Å². The van der Waals surface area contributed by atoms with Crippen LogP contribution in [0.5, 0.6) is 0 Å². The zero-order valence-electron chi connectivity index (χ0n) is 10.6. The molecule has 1 rings (SSSR count). The van der Waals surface area contributed by atoms with Crippen LogP contribution in [0, 0.1) is 0 Å². The van der Waals surface area contributed by atoms with E-state index in [0.29, 0.717) is 6.54 Å². The predicted octanol–water partition coefficient (Wildman–Crippen LogP) is 0.760. The molecule has 7 heteroatoms. The average Bonchev–Trinajstić information content (AvgIpc) is 2.16. The maximum absolute atomic E-state index is 12.2. The number of thiocarbonyl (C=S) groups is 1. The van der Waals surface area contributed by atoms with Crippen LogP contribution in [0.2, 0.25) is 0 Å². The van der Waals surface area contributed by atoms with Gasteiger partial charge in [-0.25, -0.2) is 0 Å². The van der Waals surface area contributed by atoms with Crippen LogP contribution >= 0.6 is 12.2 Å². The Hall–Kier alpha value is -0.240. The van der Waals surface area contributed by atoms with Crippen LogP contribution < -0.4 is 10.5 Å². The Kier molecular flexibility index (Phi) is 4.51. The Labute approximate surface area is 109 Å². The predicted molar refractivity (Wildman–Crippen MR) is 72.9 cm³/mol. The summed E-state index contributed by atoms with van der Waals surface area (Å²) in [6.45, 7) is 5.82.